The maximum Gasteiger partial charge on any atom is 0.261 e. The number of nitrogens with one attached hydrogen (secondary N) is 3. The van der Waals surface area contributed by atoms with Gasteiger partial charge in [0.2, 0.25) is 0 Å². The van der Waals surface area contributed by atoms with Crippen LogP contribution < -0.4 is 16.4 Å². The summed E-state index contributed by atoms with van der Waals surface area (Å²) in [4.78, 5) is 41.8. The van der Waals surface area contributed by atoms with Crippen molar-refractivity contribution in [1.29, 1.82) is 0 Å². The van der Waals surface area contributed by atoms with Gasteiger partial charge in [0.05, 0.1) is 0 Å². The highest BCUT2D eigenvalue weighted by atomic mass is 16.2. The SMILES string of the molecule is Cc1cc(C)c(CNC(=O)c2cc3ccccc3[nH]c2=O)c(=O)[nH]1. The van der Waals surface area contributed by atoms with Gasteiger partial charge in [-0.15, -0.1) is 0 Å². The number of rotatable bonds is 3. The Morgan fingerprint density at radius 3 is 2.54 bits per heavy atom. The van der Waals surface area contributed by atoms with E-state index >= 15 is 0 Å². The van der Waals surface area contributed by atoms with Crippen LogP contribution in [0.15, 0.2) is 46.0 Å². The molecule has 6 nitrogen and oxygen atoms in total. The van der Waals surface area contributed by atoms with E-state index in [-0.39, 0.29) is 17.7 Å². The van der Waals surface area contributed by atoms with Crippen LogP contribution in [0.1, 0.15) is 27.2 Å². The average molecular weight is 323 g/mol. The van der Waals surface area contributed by atoms with Crippen molar-refractivity contribution < 1.29 is 4.79 Å². The molecule has 0 aliphatic heterocycles. The molecule has 1 amide bonds. The van der Waals surface area contributed by atoms with Crippen LogP contribution in [0.5, 0.6) is 0 Å². The molecule has 0 atom stereocenters. The van der Waals surface area contributed by atoms with Crippen molar-refractivity contribution in [3.05, 3.63) is 79.5 Å². The van der Waals surface area contributed by atoms with Crippen LogP contribution >= 0.6 is 0 Å². The zero-order valence-corrected chi connectivity index (χ0v) is 13.4. The molecule has 3 rings (SSSR count). The van der Waals surface area contributed by atoms with Gasteiger partial charge >= 0.3 is 0 Å². The molecule has 6 heteroatoms. The predicted octanol–water partition coefficient (Wildman–Crippen LogP) is 1.76. The third-order valence-corrected chi connectivity index (χ3v) is 3.92. The summed E-state index contributed by atoms with van der Waals surface area (Å²) in [5.41, 5.74) is 2.04. The lowest BCUT2D eigenvalue weighted by Crippen LogP contribution is -2.31. The van der Waals surface area contributed by atoms with Crippen LogP contribution in [0.3, 0.4) is 0 Å². The van der Waals surface area contributed by atoms with E-state index in [2.05, 4.69) is 15.3 Å². The molecule has 0 fully saturated rings. The number of hydrogen-bond acceptors (Lipinski definition) is 3. The molecule has 3 N–H and O–H groups in total. The van der Waals surface area contributed by atoms with E-state index in [1.165, 1.54) is 0 Å². The zero-order chi connectivity index (χ0) is 17.3. The minimum atomic E-state index is -0.513. The summed E-state index contributed by atoms with van der Waals surface area (Å²) >= 11 is 0. The Hall–Kier alpha value is -3.15. The number of benzene rings is 1. The number of para-hydroxylation sites is 1. The van der Waals surface area contributed by atoms with E-state index in [4.69, 9.17) is 0 Å². The molecule has 3 aromatic rings. The highest BCUT2D eigenvalue weighted by Gasteiger charge is 2.13. The molecular weight excluding hydrogens is 306 g/mol. The third-order valence-electron chi connectivity index (χ3n) is 3.92. The number of aromatic nitrogens is 2. The minimum Gasteiger partial charge on any atom is -0.348 e. The minimum absolute atomic E-state index is 0.0230. The fraction of sp³-hybridized carbons (Fsp3) is 0.167. The molecule has 2 heterocycles. The van der Waals surface area contributed by atoms with E-state index in [0.717, 1.165) is 16.6 Å². The van der Waals surface area contributed by atoms with Gasteiger partial charge in [0.1, 0.15) is 5.56 Å². The first-order chi connectivity index (χ1) is 11.5. The molecule has 0 aliphatic carbocycles. The Morgan fingerprint density at radius 2 is 1.79 bits per heavy atom. The maximum absolute atomic E-state index is 12.3. The van der Waals surface area contributed by atoms with Crippen LogP contribution in [0.4, 0.5) is 0 Å². The maximum atomic E-state index is 12.3. The average Bonchev–Trinajstić information content (AvgIpc) is 2.53. The normalized spacial score (nSPS) is 10.8. The van der Waals surface area contributed by atoms with Gasteiger partial charge in [0, 0.05) is 23.3 Å². The summed E-state index contributed by atoms with van der Waals surface area (Å²) in [7, 11) is 0. The first-order valence-corrected chi connectivity index (χ1v) is 7.55. The second kappa shape index (κ2) is 6.16. The molecule has 24 heavy (non-hydrogen) atoms. The van der Waals surface area contributed by atoms with Gasteiger partial charge in [-0.2, -0.15) is 0 Å². The molecular formula is C18H17N3O3. The number of aromatic amines is 2. The summed E-state index contributed by atoms with van der Waals surface area (Å²) in [5.74, 6) is -0.513. The van der Waals surface area contributed by atoms with Gasteiger partial charge in [-0.3, -0.25) is 14.4 Å². The molecule has 2 aromatic heterocycles. The van der Waals surface area contributed by atoms with Crippen LogP contribution in [0.25, 0.3) is 10.9 Å². The van der Waals surface area contributed by atoms with Gasteiger partial charge in [0.25, 0.3) is 17.0 Å². The van der Waals surface area contributed by atoms with Crippen LogP contribution in [-0.2, 0) is 6.54 Å². The number of H-pyrrole nitrogens is 2. The van der Waals surface area contributed by atoms with E-state index in [0.29, 0.717) is 11.1 Å². The van der Waals surface area contributed by atoms with E-state index in [1.54, 1.807) is 19.1 Å². The largest absolute Gasteiger partial charge is 0.348 e. The molecule has 0 saturated carbocycles. The fourth-order valence-corrected chi connectivity index (χ4v) is 2.68. The van der Waals surface area contributed by atoms with E-state index < -0.39 is 11.5 Å². The molecule has 0 spiro atoms. The lowest BCUT2D eigenvalue weighted by Gasteiger charge is -2.08. The van der Waals surface area contributed by atoms with Crippen molar-refractivity contribution in [3.8, 4) is 0 Å². The Balaban J connectivity index is 1.87. The second-order valence-electron chi connectivity index (χ2n) is 5.73. The standard InChI is InChI=1S/C18H17N3O3/c1-10-7-11(2)20-18(24)14(10)9-19-16(22)13-8-12-5-3-4-6-15(12)21-17(13)23/h3-8H,9H2,1-2H3,(H,19,22)(H,20,24)(H,21,23). The number of carbonyl (C=O) groups is 1. The predicted molar refractivity (Wildman–Crippen MR) is 92.3 cm³/mol. The topological polar surface area (TPSA) is 94.8 Å². The molecule has 0 radical (unpaired) electrons. The second-order valence-corrected chi connectivity index (χ2v) is 5.73. The van der Waals surface area contributed by atoms with Crippen LogP contribution in [0, 0.1) is 13.8 Å². The highest BCUT2D eigenvalue weighted by molar-refractivity contribution is 5.97. The Kier molecular flexibility index (Phi) is 4.04. The first kappa shape index (κ1) is 15.7. The Labute approximate surface area is 137 Å². The molecule has 0 aliphatic rings. The van der Waals surface area contributed by atoms with Crippen molar-refractivity contribution in [3.63, 3.8) is 0 Å². The van der Waals surface area contributed by atoms with Crippen molar-refractivity contribution in [2.45, 2.75) is 20.4 Å². The number of pyridine rings is 2. The lowest BCUT2D eigenvalue weighted by atomic mass is 10.1. The van der Waals surface area contributed by atoms with Crippen molar-refractivity contribution in [1.82, 2.24) is 15.3 Å². The molecule has 0 saturated heterocycles. The van der Waals surface area contributed by atoms with Crippen LogP contribution in [0.2, 0.25) is 0 Å². The number of carbonyl (C=O) groups excluding carboxylic acids is 1. The first-order valence-electron chi connectivity index (χ1n) is 7.55. The number of fused-ring (bicyclic) bond motifs is 1. The highest BCUT2D eigenvalue weighted by Crippen LogP contribution is 2.10. The third kappa shape index (κ3) is 2.99. The summed E-state index contributed by atoms with van der Waals surface area (Å²) < 4.78 is 0. The quantitative estimate of drug-likeness (QED) is 0.685. The number of hydrogen-bond donors (Lipinski definition) is 3. The van der Waals surface area contributed by atoms with Gasteiger partial charge < -0.3 is 15.3 Å². The zero-order valence-electron chi connectivity index (χ0n) is 13.4. The summed E-state index contributed by atoms with van der Waals surface area (Å²) in [5, 5.41) is 3.41. The monoisotopic (exact) mass is 323 g/mol. The molecule has 0 unspecified atom stereocenters. The van der Waals surface area contributed by atoms with Gasteiger partial charge in [-0.25, -0.2) is 0 Å². The van der Waals surface area contributed by atoms with E-state index in [9.17, 15) is 14.4 Å². The van der Waals surface area contributed by atoms with Crippen molar-refractivity contribution >= 4 is 16.8 Å². The lowest BCUT2D eigenvalue weighted by molar-refractivity contribution is 0.0949. The Bertz CT molecular complexity index is 1050. The molecule has 122 valence electrons. The summed E-state index contributed by atoms with van der Waals surface area (Å²) in [6, 6.07) is 10.6. The van der Waals surface area contributed by atoms with Gasteiger partial charge in [-0.1, -0.05) is 18.2 Å². The van der Waals surface area contributed by atoms with Gasteiger partial charge in [0.15, 0.2) is 0 Å². The van der Waals surface area contributed by atoms with Crippen molar-refractivity contribution in [2.24, 2.45) is 0 Å². The molecule has 1 aromatic carbocycles. The van der Waals surface area contributed by atoms with E-state index in [1.807, 2.05) is 31.2 Å². The van der Waals surface area contributed by atoms with Crippen molar-refractivity contribution in [2.75, 3.05) is 0 Å². The van der Waals surface area contributed by atoms with Gasteiger partial charge in [-0.05, 0) is 43.0 Å². The van der Waals surface area contributed by atoms with Crippen LogP contribution in [-0.4, -0.2) is 15.9 Å². The number of aryl methyl sites for hydroxylation is 2. The summed E-state index contributed by atoms with van der Waals surface area (Å²) in [6.45, 7) is 3.67. The fourth-order valence-electron chi connectivity index (χ4n) is 2.68. The smallest absolute Gasteiger partial charge is 0.261 e. The summed E-state index contributed by atoms with van der Waals surface area (Å²) in [6.07, 6.45) is 0. The number of amides is 1. The molecule has 0 bridgehead atoms. The Morgan fingerprint density at radius 1 is 1.04 bits per heavy atom.